The first kappa shape index (κ1) is 21.8. The highest BCUT2D eigenvalue weighted by Gasteiger charge is 2.37. The highest BCUT2D eigenvalue weighted by atomic mass is 32.2. The van der Waals surface area contributed by atoms with Crippen LogP contribution in [0.2, 0.25) is 0 Å². The summed E-state index contributed by atoms with van der Waals surface area (Å²) in [4.78, 5) is 22.8. The maximum atomic E-state index is 13.4. The van der Waals surface area contributed by atoms with Crippen molar-refractivity contribution in [2.75, 3.05) is 55.8 Å². The zero-order valence-electron chi connectivity index (χ0n) is 17.6. The van der Waals surface area contributed by atoms with Crippen molar-refractivity contribution in [1.29, 1.82) is 0 Å². The number of para-hydroxylation sites is 1. The fourth-order valence-electron chi connectivity index (χ4n) is 4.88. The standard InChI is InChI=1S/C22H26F3N5OS/c23-22(24,25)20-12-19(16-3-1-2-4-17(16)27-20)29-7-5-28(6-8-29)15-11-18(26-13-15)21(31)30-9-10-32-14-30/h1-4,12,15,18,26H,5-11,13-14H2/t15-,18+/m1/s1. The van der Waals surface area contributed by atoms with Gasteiger partial charge in [-0.05, 0) is 18.6 Å². The predicted molar refractivity (Wildman–Crippen MR) is 120 cm³/mol. The Hall–Kier alpha value is -2.04. The molecule has 1 N–H and O–H groups in total. The van der Waals surface area contributed by atoms with Crippen LogP contribution in [0.4, 0.5) is 18.9 Å². The van der Waals surface area contributed by atoms with E-state index in [1.807, 2.05) is 21.9 Å². The predicted octanol–water partition coefficient (Wildman–Crippen LogP) is 2.64. The van der Waals surface area contributed by atoms with Crippen LogP contribution in [0.3, 0.4) is 0 Å². The van der Waals surface area contributed by atoms with E-state index in [1.165, 1.54) is 6.07 Å². The van der Waals surface area contributed by atoms with Gasteiger partial charge in [0.05, 0.1) is 17.4 Å². The molecule has 0 unspecified atom stereocenters. The number of alkyl halides is 3. The van der Waals surface area contributed by atoms with Crippen LogP contribution in [0.1, 0.15) is 12.1 Å². The van der Waals surface area contributed by atoms with E-state index in [0.717, 1.165) is 49.6 Å². The van der Waals surface area contributed by atoms with Gasteiger partial charge in [0.25, 0.3) is 0 Å². The van der Waals surface area contributed by atoms with Gasteiger partial charge < -0.3 is 15.1 Å². The quantitative estimate of drug-likeness (QED) is 0.752. The summed E-state index contributed by atoms with van der Waals surface area (Å²) in [7, 11) is 0. The molecule has 1 aromatic carbocycles. The van der Waals surface area contributed by atoms with Crippen molar-refractivity contribution in [3.8, 4) is 0 Å². The number of anilines is 1. The SMILES string of the molecule is O=C([C@@H]1C[C@@H](N2CCN(c3cc(C(F)(F)F)nc4ccccc34)CC2)CN1)N1CCSC1. The third-order valence-corrected chi connectivity index (χ3v) is 7.59. The van der Waals surface area contributed by atoms with Crippen LogP contribution in [0.5, 0.6) is 0 Å². The zero-order valence-corrected chi connectivity index (χ0v) is 18.5. The van der Waals surface area contributed by atoms with Crippen molar-refractivity contribution in [2.24, 2.45) is 0 Å². The molecule has 10 heteroatoms. The minimum atomic E-state index is -4.48. The average molecular weight is 466 g/mol. The van der Waals surface area contributed by atoms with E-state index in [-0.39, 0.29) is 18.0 Å². The molecule has 3 fully saturated rings. The molecule has 1 aromatic heterocycles. The molecular weight excluding hydrogens is 439 g/mol. The maximum Gasteiger partial charge on any atom is 0.433 e. The van der Waals surface area contributed by atoms with Crippen LogP contribution in [-0.2, 0) is 11.0 Å². The molecule has 6 nitrogen and oxygen atoms in total. The van der Waals surface area contributed by atoms with Crippen LogP contribution in [-0.4, -0.2) is 83.7 Å². The number of pyridine rings is 1. The lowest BCUT2D eigenvalue weighted by atomic mass is 10.1. The molecule has 3 aliphatic heterocycles. The third kappa shape index (κ3) is 4.27. The molecule has 172 valence electrons. The Labute approximate surface area is 189 Å². The Morgan fingerprint density at radius 3 is 2.62 bits per heavy atom. The van der Waals surface area contributed by atoms with E-state index in [2.05, 4.69) is 15.2 Å². The Morgan fingerprint density at radius 2 is 1.91 bits per heavy atom. The lowest BCUT2D eigenvalue weighted by Gasteiger charge is -2.39. The summed E-state index contributed by atoms with van der Waals surface area (Å²) in [5.41, 5.74) is 0.0999. The van der Waals surface area contributed by atoms with E-state index in [4.69, 9.17) is 0 Å². The van der Waals surface area contributed by atoms with Gasteiger partial charge in [-0.25, -0.2) is 4.98 Å². The summed E-state index contributed by atoms with van der Waals surface area (Å²) in [6.45, 7) is 4.39. The van der Waals surface area contributed by atoms with E-state index >= 15 is 0 Å². The third-order valence-electron chi connectivity index (χ3n) is 6.63. The van der Waals surface area contributed by atoms with E-state index in [1.54, 1.807) is 23.9 Å². The number of piperazine rings is 1. The maximum absolute atomic E-state index is 13.4. The minimum absolute atomic E-state index is 0.129. The number of fused-ring (bicyclic) bond motifs is 1. The summed E-state index contributed by atoms with van der Waals surface area (Å²) in [5, 5.41) is 4.12. The van der Waals surface area contributed by atoms with Crippen molar-refractivity contribution in [3.05, 3.63) is 36.0 Å². The largest absolute Gasteiger partial charge is 0.433 e. The molecule has 0 aliphatic carbocycles. The molecule has 2 atom stereocenters. The average Bonchev–Trinajstić information content (AvgIpc) is 3.50. The second-order valence-corrected chi connectivity index (χ2v) is 9.63. The van der Waals surface area contributed by atoms with E-state index < -0.39 is 11.9 Å². The van der Waals surface area contributed by atoms with Crippen molar-refractivity contribution in [1.82, 2.24) is 20.1 Å². The first-order valence-electron chi connectivity index (χ1n) is 11.0. The number of carbonyl (C=O) groups is 1. The number of hydrogen-bond acceptors (Lipinski definition) is 6. The number of nitrogens with one attached hydrogen (secondary N) is 1. The fourth-order valence-corrected chi connectivity index (χ4v) is 5.84. The van der Waals surface area contributed by atoms with Gasteiger partial charge in [0.15, 0.2) is 0 Å². The molecule has 4 heterocycles. The lowest BCUT2D eigenvalue weighted by molar-refractivity contribution is -0.141. The van der Waals surface area contributed by atoms with Gasteiger partial charge in [-0.15, -0.1) is 11.8 Å². The van der Waals surface area contributed by atoms with Gasteiger partial charge >= 0.3 is 6.18 Å². The van der Waals surface area contributed by atoms with Gasteiger partial charge in [0, 0.05) is 62.1 Å². The normalized spacial score (nSPS) is 25.1. The summed E-state index contributed by atoms with van der Waals surface area (Å²) in [6.07, 6.45) is -3.69. The van der Waals surface area contributed by atoms with Crippen LogP contribution in [0, 0.1) is 0 Å². The Bertz CT molecular complexity index is 989. The van der Waals surface area contributed by atoms with Crippen molar-refractivity contribution >= 4 is 34.3 Å². The number of aromatic nitrogens is 1. The monoisotopic (exact) mass is 465 g/mol. The Balaban J connectivity index is 1.26. The number of nitrogens with zero attached hydrogens (tertiary/aromatic N) is 4. The second kappa shape index (κ2) is 8.72. The zero-order chi connectivity index (χ0) is 22.3. The van der Waals surface area contributed by atoms with Gasteiger partial charge in [0.1, 0.15) is 5.69 Å². The first-order valence-corrected chi connectivity index (χ1v) is 12.1. The van der Waals surface area contributed by atoms with Gasteiger partial charge in [-0.2, -0.15) is 13.2 Å². The summed E-state index contributed by atoms with van der Waals surface area (Å²) >= 11 is 1.79. The van der Waals surface area contributed by atoms with Crippen LogP contribution < -0.4 is 10.2 Å². The molecule has 3 saturated heterocycles. The lowest BCUT2D eigenvalue weighted by Crippen LogP contribution is -2.51. The van der Waals surface area contributed by atoms with Crippen molar-refractivity contribution in [3.63, 3.8) is 0 Å². The topological polar surface area (TPSA) is 51.7 Å². The van der Waals surface area contributed by atoms with Crippen molar-refractivity contribution in [2.45, 2.75) is 24.7 Å². The first-order chi connectivity index (χ1) is 15.4. The number of halogens is 3. The number of carbonyl (C=O) groups excluding carboxylic acids is 1. The molecule has 32 heavy (non-hydrogen) atoms. The molecule has 1 amide bonds. The van der Waals surface area contributed by atoms with Gasteiger partial charge in [-0.1, -0.05) is 18.2 Å². The fraction of sp³-hybridized carbons (Fsp3) is 0.545. The summed E-state index contributed by atoms with van der Waals surface area (Å²) in [5.74, 6) is 1.98. The summed E-state index contributed by atoms with van der Waals surface area (Å²) in [6, 6.07) is 8.33. The molecule has 0 bridgehead atoms. The molecule has 0 saturated carbocycles. The molecular formula is C22H26F3N5OS. The van der Waals surface area contributed by atoms with E-state index in [0.29, 0.717) is 24.3 Å². The molecule has 0 radical (unpaired) electrons. The number of benzene rings is 1. The van der Waals surface area contributed by atoms with Crippen LogP contribution >= 0.6 is 11.8 Å². The highest BCUT2D eigenvalue weighted by molar-refractivity contribution is 7.99. The Morgan fingerprint density at radius 1 is 1.12 bits per heavy atom. The number of hydrogen-bond donors (Lipinski definition) is 1. The van der Waals surface area contributed by atoms with Crippen LogP contribution in [0.15, 0.2) is 30.3 Å². The minimum Gasteiger partial charge on any atom is -0.368 e. The van der Waals surface area contributed by atoms with E-state index in [9.17, 15) is 18.0 Å². The smallest absolute Gasteiger partial charge is 0.368 e. The molecule has 0 spiro atoms. The number of thioether (sulfide) groups is 1. The molecule has 3 aliphatic rings. The van der Waals surface area contributed by atoms with Crippen molar-refractivity contribution < 1.29 is 18.0 Å². The molecule has 2 aromatic rings. The number of amides is 1. The number of rotatable bonds is 3. The molecule has 5 rings (SSSR count). The second-order valence-electron chi connectivity index (χ2n) is 8.55. The highest BCUT2D eigenvalue weighted by Crippen LogP contribution is 2.35. The Kier molecular flexibility index (Phi) is 5.94. The summed E-state index contributed by atoms with van der Waals surface area (Å²) < 4.78 is 40.2. The van der Waals surface area contributed by atoms with Gasteiger partial charge in [0.2, 0.25) is 5.91 Å². The van der Waals surface area contributed by atoms with Gasteiger partial charge in [-0.3, -0.25) is 9.69 Å². The van der Waals surface area contributed by atoms with Crippen LogP contribution in [0.25, 0.3) is 10.9 Å².